The van der Waals surface area contributed by atoms with E-state index in [2.05, 4.69) is 31.3 Å². The molecule has 0 aliphatic rings. The average Bonchev–Trinajstić information content (AvgIpc) is 2.65. The molecule has 7 nitrogen and oxygen atoms in total. The van der Waals surface area contributed by atoms with Gasteiger partial charge in [0, 0.05) is 11.0 Å². The second-order valence-electron chi connectivity index (χ2n) is 5.79. The molecule has 2 aromatic rings. The van der Waals surface area contributed by atoms with Gasteiger partial charge in [0.25, 0.3) is 0 Å². The monoisotopic (exact) mass is 433 g/mol. The van der Waals surface area contributed by atoms with E-state index in [0.717, 1.165) is 15.6 Å². The summed E-state index contributed by atoms with van der Waals surface area (Å²) in [6, 6.07) is 12.8. The Morgan fingerprint density at radius 2 is 1.85 bits per heavy atom. The molecule has 0 saturated carbocycles. The van der Waals surface area contributed by atoms with Gasteiger partial charge >= 0.3 is 12.0 Å². The number of halogens is 1. The van der Waals surface area contributed by atoms with Crippen LogP contribution in [0.5, 0.6) is 0 Å². The molecule has 0 spiro atoms. The highest BCUT2D eigenvalue weighted by Crippen LogP contribution is 2.21. The summed E-state index contributed by atoms with van der Waals surface area (Å²) in [7, 11) is 1.32. The van der Waals surface area contributed by atoms with E-state index in [1.54, 1.807) is 24.3 Å². The predicted octanol–water partition coefficient (Wildman–Crippen LogP) is 2.65. The van der Waals surface area contributed by atoms with Gasteiger partial charge in [-0.25, -0.2) is 9.59 Å². The molecule has 4 N–H and O–H groups in total. The fourth-order valence-corrected chi connectivity index (χ4v) is 2.90. The molecule has 0 heterocycles. The van der Waals surface area contributed by atoms with Crippen molar-refractivity contribution < 1.29 is 19.1 Å². The molecule has 2 aromatic carbocycles. The smallest absolute Gasteiger partial charge is 0.337 e. The van der Waals surface area contributed by atoms with Crippen LogP contribution in [0.2, 0.25) is 0 Å². The van der Waals surface area contributed by atoms with Gasteiger partial charge in [-0.2, -0.15) is 0 Å². The first-order valence-electron chi connectivity index (χ1n) is 8.14. The zero-order chi connectivity index (χ0) is 19.8. The standard InChI is InChI=1S/C19H20BrN3O4/c1-27-18(25)13-7-5-12(6-8-13)11-22-17(24)10-16(23-19(21)26)14-3-2-4-15(20)9-14/h2-9,16H,10-11H2,1H3,(H,22,24)(H3,21,23,26)/t16-/m1/s1. The molecule has 0 radical (unpaired) electrons. The van der Waals surface area contributed by atoms with E-state index in [1.165, 1.54) is 7.11 Å². The average molecular weight is 434 g/mol. The molecule has 0 unspecified atom stereocenters. The third-order valence-corrected chi connectivity index (χ3v) is 4.32. The zero-order valence-electron chi connectivity index (χ0n) is 14.7. The van der Waals surface area contributed by atoms with Crippen LogP contribution in [0.25, 0.3) is 0 Å². The lowest BCUT2D eigenvalue weighted by Gasteiger charge is -2.18. The Hall–Kier alpha value is -2.87. The number of carbonyl (C=O) groups excluding carboxylic acids is 3. The van der Waals surface area contributed by atoms with Crippen LogP contribution in [0, 0.1) is 0 Å². The second-order valence-corrected chi connectivity index (χ2v) is 6.70. The van der Waals surface area contributed by atoms with E-state index in [0.29, 0.717) is 12.1 Å². The lowest BCUT2D eigenvalue weighted by atomic mass is 10.0. The van der Waals surface area contributed by atoms with Crippen molar-refractivity contribution in [2.75, 3.05) is 7.11 Å². The molecule has 2 rings (SSSR count). The van der Waals surface area contributed by atoms with E-state index >= 15 is 0 Å². The maximum absolute atomic E-state index is 12.3. The van der Waals surface area contributed by atoms with E-state index < -0.39 is 18.0 Å². The van der Waals surface area contributed by atoms with Gasteiger partial charge in [-0.05, 0) is 35.4 Å². The molecule has 0 saturated heterocycles. The fraction of sp³-hybridized carbons (Fsp3) is 0.211. The number of amides is 3. The number of urea groups is 1. The Balaban J connectivity index is 1.97. The topological polar surface area (TPSA) is 111 Å². The predicted molar refractivity (Wildman–Crippen MR) is 104 cm³/mol. The Bertz CT molecular complexity index is 824. The molecule has 1 atom stereocenters. The van der Waals surface area contributed by atoms with Crippen molar-refractivity contribution in [3.8, 4) is 0 Å². The summed E-state index contributed by atoms with van der Waals surface area (Å²) in [5.41, 5.74) is 7.26. The van der Waals surface area contributed by atoms with E-state index in [9.17, 15) is 14.4 Å². The van der Waals surface area contributed by atoms with Crippen LogP contribution in [0.4, 0.5) is 4.79 Å². The van der Waals surface area contributed by atoms with Crippen LogP contribution in [0.1, 0.15) is 33.9 Å². The summed E-state index contributed by atoms with van der Waals surface area (Å²) >= 11 is 3.37. The number of nitrogens with two attached hydrogens (primary N) is 1. The number of methoxy groups -OCH3 is 1. The SMILES string of the molecule is COC(=O)c1ccc(CNC(=O)C[C@@H](NC(N)=O)c2cccc(Br)c2)cc1. The summed E-state index contributed by atoms with van der Waals surface area (Å²) in [5.74, 6) is -0.661. The summed E-state index contributed by atoms with van der Waals surface area (Å²) < 4.78 is 5.48. The van der Waals surface area contributed by atoms with Gasteiger partial charge in [0.05, 0.1) is 25.1 Å². The number of ether oxygens (including phenoxy) is 1. The molecule has 0 fully saturated rings. The second kappa shape index (κ2) is 9.72. The maximum atomic E-state index is 12.3. The quantitative estimate of drug-likeness (QED) is 0.582. The van der Waals surface area contributed by atoms with Crippen molar-refractivity contribution in [3.05, 3.63) is 69.7 Å². The number of nitrogens with one attached hydrogen (secondary N) is 2. The van der Waals surface area contributed by atoms with Crippen LogP contribution in [-0.2, 0) is 16.1 Å². The Morgan fingerprint density at radius 1 is 1.15 bits per heavy atom. The Kier molecular flexibility index (Phi) is 7.36. The maximum Gasteiger partial charge on any atom is 0.337 e. The van der Waals surface area contributed by atoms with Gasteiger partial charge in [0.2, 0.25) is 5.91 Å². The highest BCUT2D eigenvalue weighted by Gasteiger charge is 2.17. The highest BCUT2D eigenvalue weighted by atomic mass is 79.9. The minimum absolute atomic E-state index is 0.0413. The summed E-state index contributed by atoms with van der Waals surface area (Å²) in [6.07, 6.45) is 0.0413. The number of hydrogen-bond donors (Lipinski definition) is 3. The number of rotatable bonds is 7. The molecule has 0 bridgehead atoms. The molecule has 3 amide bonds. The first-order valence-corrected chi connectivity index (χ1v) is 8.93. The minimum Gasteiger partial charge on any atom is -0.465 e. The molecule has 0 aromatic heterocycles. The number of primary amides is 1. The Morgan fingerprint density at radius 3 is 2.44 bits per heavy atom. The van der Waals surface area contributed by atoms with Gasteiger partial charge in [0.1, 0.15) is 0 Å². The first kappa shape index (κ1) is 20.4. The van der Waals surface area contributed by atoms with Crippen LogP contribution >= 0.6 is 15.9 Å². The number of benzene rings is 2. The van der Waals surface area contributed by atoms with Crippen LogP contribution in [-0.4, -0.2) is 25.0 Å². The van der Waals surface area contributed by atoms with E-state index in [4.69, 9.17) is 5.73 Å². The third-order valence-electron chi connectivity index (χ3n) is 3.82. The van der Waals surface area contributed by atoms with Crippen molar-refractivity contribution in [2.24, 2.45) is 5.73 Å². The van der Waals surface area contributed by atoms with Crippen molar-refractivity contribution in [3.63, 3.8) is 0 Å². The summed E-state index contributed by atoms with van der Waals surface area (Å²) in [6.45, 7) is 0.294. The van der Waals surface area contributed by atoms with Crippen LogP contribution < -0.4 is 16.4 Å². The third kappa shape index (κ3) is 6.41. The molecule has 142 valence electrons. The van der Waals surface area contributed by atoms with E-state index in [1.807, 2.05) is 24.3 Å². The molecule has 27 heavy (non-hydrogen) atoms. The molecule has 0 aliphatic heterocycles. The molecule has 8 heteroatoms. The van der Waals surface area contributed by atoms with Crippen molar-refractivity contribution >= 4 is 33.8 Å². The fourth-order valence-electron chi connectivity index (χ4n) is 2.48. The van der Waals surface area contributed by atoms with Crippen molar-refractivity contribution in [2.45, 2.75) is 19.0 Å². The highest BCUT2D eigenvalue weighted by molar-refractivity contribution is 9.10. The lowest BCUT2D eigenvalue weighted by molar-refractivity contribution is -0.121. The van der Waals surface area contributed by atoms with Gasteiger partial charge in [-0.1, -0.05) is 40.2 Å². The van der Waals surface area contributed by atoms with Crippen LogP contribution in [0.15, 0.2) is 53.0 Å². The first-order chi connectivity index (χ1) is 12.9. The van der Waals surface area contributed by atoms with Gasteiger partial charge in [-0.15, -0.1) is 0 Å². The largest absolute Gasteiger partial charge is 0.465 e. The normalized spacial score (nSPS) is 11.3. The van der Waals surface area contributed by atoms with Crippen LogP contribution in [0.3, 0.4) is 0 Å². The van der Waals surface area contributed by atoms with Gasteiger partial charge < -0.3 is 21.1 Å². The van der Waals surface area contributed by atoms with E-state index in [-0.39, 0.29) is 12.3 Å². The molecular weight excluding hydrogens is 414 g/mol. The zero-order valence-corrected chi connectivity index (χ0v) is 16.3. The minimum atomic E-state index is -0.703. The number of carbonyl (C=O) groups is 3. The molecule has 0 aliphatic carbocycles. The number of hydrogen-bond acceptors (Lipinski definition) is 4. The summed E-state index contributed by atoms with van der Waals surface area (Å²) in [5, 5.41) is 5.38. The van der Waals surface area contributed by atoms with Crippen molar-refractivity contribution in [1.29, 1.82) is 0 Å². The molecular formula is C19H20BrN3O4. The Labute approximate surface area is 165 Å². The number of esters is 1. The van der Waals surface area contributed by atoms with Crippen molar-refractivity contribution in [1.82, 2.24) is 10.6 Å². The van der Waals surface area contributed by atoms with Gasteiger partial charge in [0.15, 0.2) is 0 Å². The summed E-state index contributed by atoms with van der Waals surface area (Å²) in [4.78, 5) is 35.0. The van der Waals surface area contributed by atoms with Gasteiger partial charge in [-0.3, -0.25) is 4.79 Å². The lowest BCUT2D eigenvalue weighted by Crippen LogP contribution is -2.36.